The Labute approximate surface area is 114 Å². The molecule has 1 amide bonds. The first kappa shape index (κ1) is 15.3. The molecule has 0 radical (unpaired) electrons. The summed E-state index contributed by atoms with van der Waals surface area (Å²) in [6.07, 6.45) is 1.56. The van der Waals surface area contributed by atoms with Gasteiger partial charge in [-0.05, 0) is 19.3 Å². The van der Waals surface area contributed by atoms with E-state index in [1.54, 1.807) is 11.8 Å². The van der Waals surface area contributed by atoms with Gasteiger partial charge in [0.25, 0.3) is 0 Å². The Morgan fingerprint density at radius 2 is 2.33 bits per heavy atom. The molecule has 0 aromatic heterocycles. The quantitative estimate of drug-likeness (QED) is 0.777. The topological polar surface area (TPSA) is 53.5 Å². The van der Waals surface area contributed by atoms with E-state index in [2.05, 4.69) is 43.3 Å². The smallest absolute Gasteiger partial charge is 0.221 e. The molecule has 0 aromatic carbocycles. The molecule has 0 aromatic rings. The highest BCUT2D eigenvalue weighted by atomic mass is 32.2. The van der Waals surface area contributed by atoms with Gasteiger partial charge in [-0.2, -0.15) is 0 Å². The van der Waals surface area contributed by atoms with E-state index in [-0.39, 0.29) is 11.4 Å². The molecule has 5 heteroatoms. The monoisotopic (exact) mass is 271 g/mol. The van der Waals surface area contributed by atoms with Crippen molar-refractivity contribution in [2.24, 2.45) is 10.9 Å². The van der Waals surface area contributed by atoms with Gasteiger partial charge in [0.05, 0.1) is 6.54 Å². The van der Waals surface area contributed by atoms with Crippen LogP contribution >= 0.6 is 11.8 Å². The highest BCUT2D eigenvalue weighted by molar-refractivity contribution is 8.14. The summed E-state index contributed by atoms with van der Waals surface area (Å²) in [4.78, 5) is 15.9. The molecular weight excluding hydrogens is 246 g/mol. The number of carbonyl (C=O) groups excluding carboxylic acids is 1. The summed E-state index contributed by atoms with van der Waals surface area (Å²) in [5.74, 6) is 1.65. The molecule has 1 fully saturated rings. The third-order valence-electron chi connectivity index (χ3n) is 3.02. The largest absolute Gasteiger partial charge is 0.359 e. The van der Waals surface area contributed by atoms with E-state index < -0.39 is 0 Å². The van der Waals surface area contributed by atoms with Crippen LogP contribution in [0.3, 0.4) is 0 Å². The Hall–Kier alpha value is -0.710. The highest BCUT2D eigenvalue weighted by Crippen LogP contribution is 2.25. The van der Waals surface area contributed by atoms with Crippen LogP contribution in [0.4, 0.5) is 0 Å². The van der Waals surface area contributed by atoms with Crippen molar-refractivity contribution in [3.05, 3.63) is 0 Å². The van der Waals surface area contributed by atoms with Crippen molar-refractivity contribution in [2.45, 2.75) is 46.1 Å². The molecule has 4 nitrogen and oxygen atoms in total. The van der Waals surface area contributed by atoms with Crippen molar-refractivity contribution in [1.82, 2.24) is 10.6 Å². The fourth-order valence-corrected chi connectivity index (χ4v) is 2.73. The van der Waals surface area contributed by atoms with Crippen molar-refractivity contribution < 1.29 is 4.79 Å². The van der Waals surface area contributed by atoms with E-state index in [1.165, 1.54) is 0 Å². The van der Waals surface area contributed by atoms with Crippen LogP contribution in [0.25, 0.3) is 0 Å². The van der Waals surface area contributed by atoms with Gasteiger partial charge < -0.3 is 10.6 Å². The second kappa shape index (κ2) is 7.02. The van der Waals surface area contributed by atoms with Gasteiger partial charge in [0, 0.05) is 24.3 Å². The Bertz CT molecular complexity index is 317. The van der Waals surface area contributed by atoms with Gasteiger partial charge in [-0.15, -0.1) is 0 Å². The van der Waals surface area contributed by atoms with Crippen molar-refractivity contribution in [3.8, 4) is 0 Å². The Kier molecular flexibility index (Phi) is 5.99. The SMILES string of the molecule is CCC1(C)CSC(=NCCC(=O)NCC(C)C)N1. The van der Waals surface area contributed by atoms with E-state index in [1.807, 2.05) is 0 Å². The number of thioether (sulfide) groups is 1. The minimum Gasteiger partial charge on any atom is -0.359 e. The highest BCUT2D eigenvalue weighted by Gasteiger charge is 2.30. The van der Waals surface area contributed by atoms with Gasteiger partial charge in [-0.25, -0.2) is 0 Å². The number of hydrogen-bond donors (Lipinski definition) is 2. The Balaban J connectivity index is 2.23. The summed E-state index contributed by atoms with van der Waals surface area (Å²) >= 11 is 1.75. The van der Waals surface area contributed by atoms with Gasteiger partial charge in [0.2, 0.25) is 5.91 Å². The van der Waals surface area contributed by atoms with Crippen LogP contribution in [0.2, 0.25) is 0 Å². The maximum Gasteiger partial charge on any atom is 0.221 e. The zero-order chi connectivity index (χ0) is 13.6. The van der Waals surface area contributed by atoms with Crippen molar-refractivity contribution in [1.29, 1.82) is 0 Å². The number of nitrogens with one attached hydrogen (secondary N) is 2. The molecule has 104 valence electrons. The molecule has 1 unspecified atom stereocenters. The van der Waals surface area contributed by atoms with E-state index in [0.717, 1.165) is 23.9 Å². The fraction of sp³-hybridized carbons (Fsp3) is 0.846. The van der Waals surface area contributed by atoms with Crippen LogP contribution in [0.1, 0.15) is 40.5 Å². The third kappa shape index (κ3) is 5.29. The maximum atomic E-state index is 11.5. The number of carbonyl (C=O) groups is 1. The van der Waals surface area contributed by atoms with Crippen LogP contribution in [0.15, 0.2) is 4.99 Å². The molecule has 1 aliphatic rings. The average Bonchev–Trinajstić information content (AvgIpc) is 2.69. The first-order valence-electron chi connectivity index (χ1n) is 6.67. The van der Waals surface area contributed by atoms with Crippen LogP contribution in [-0.4, -0.2) is 35.5 Å². The number of nitrogens with zero attached hydrogens (tertiary/aromatic N) is 1. The number of amides is 1. The lowest BCUT2D eigenvalue weighted by molar-refractivity contribution is -0.121. The standard InChI is InChI=1S/C13H25N3OS/c1-5-13(4)9-18-12(16-13)14-7-6-11(17)15-8-10(2)3/h10H,5-9H2,1-4H3,(H,14,16)(H,15,17). The first-order valence-corrected chi connectivity index (χ1v) is 7.66. The first-order chi connectivity index (χ1) is 8.45. The van der Waals surface area contributed by atoms with Crippen LogP contribution < -0.4 is 10.6 Å². The van der Waals surface area contributed by atoms with E-state index >= 15 is 0 Å². The van der Waals surface area contributed by atoms with Crippen molar-refractivity contribution in [2.75, 3.05) is 18.8 Å². The number of rotatable bonds is 6. The molecule has 0 spiro atoms. The van der Waals surface area contributed by atoms with Gasteiger partial charge in [-0.1, -0.05) is 32.5 Å². The van der Waals surface area contributed by atoms with Crippen molar-refractivity contribution in [3.63, 3.8) is 0 Å². The summed E-state index contributed by atoms with van der Waals surface area (Å²) in [7, 11) is 0. The Morgan fingerprint density at radius 3 is 2.89 bits per heavy atom. The van der Waals surface area contributed by atoms with Crippen LogP contribution in [0.5, 0.6) is 0 Å². The van der Waals surface area contributed by atoms with Gasteiger partial charge >= 0.3 is 0 Å². The molecule has 1 heterocycles. The van der Waals surface area contributed by atoms with E-state index in [9.17, 15) is 4.79 Å². The molecule has 1 atom stereocenters. The summed E-state index contributed by atoms with van der Waals surface area (Å²) in [5, 5.41) is 7.30. The average molecular weight is 271 g/mol. The van der Waals surface area contributed by atoms with Gasteiger partial charge in [0.1, 0.15) is 0 Å². The maximum absolute atomic E-state index is 11.5. The summed E-state index contributed by atoms with van der Waals surface area (Å²) in [5.41, 5.74) is 0.170. The molecular formula is C13H25N3OS. The van der Waals surface area contributed by atoms with Gasteiger partial charge in [0.15, 0.2) is 5.17 Å². The van der Waals surface area contributed by atoms with Crippen LogP contribution in [0, 0.1) is 5.92 Å². The molecule has 0 aliphatic carbocycles. The third-order valence-corrected chi connectivity index (χ3v) is 4.30. The van der Waals surface area contributed by atoms with E-state index in [4.69, 9.17) is 0 Å². The number of amidine groups is 1. The predicted octanol–water partition coefficient (Wildman–Crippen LogP) is 2.01. The Morgan fingerprint density at radius 1 is 1.61 bits per heavy atom. The zero-order valence-corrected chi connectivity index (χ0v) is 12.7. The zero-order valence-electron chi connectivity index (χ0n) is 11.9. The normalized spacial score (nSPS) is 25.5. The van der Waals surface area contributed by atoms with Gasteiger partial charge in [-0.3, -0.25) is 9.79 Å². The molecule has 1 saturated heterocycles. The summed E-state index contributed by atoms with van der Waals surface area (Å²) in [6.45, 7) is 9.87. The minimum absolute atomic E-state index is 0.0919. The second-order valence-electron chi connectivity index (χ2n) is 5.46. The summed E-state index contributed by atoms with van der Waals surface area (Å²) in [6, 6.07) is 0. The molecule has 18 heavy (non-hydrogen) atoms. The summed E-state index contributed by atoms with van der Waals surface area (Å²) < 4.78 is 0. The lowest BCUT2D eigenvalue weighted by Crippen LogP contribution is -2.39. The molecule has 2 N–H and O–H groups in total. The molecule has 0 bridgehead atoms. The lowest BCUT2D eigenvalue weighted by atomic mass is 10.0. The predicted molar refractivity (Wildman–Crippen MR) is 79.1 cm³/mol. The molecule has 0 saturated carbocycles. The fourth-order valence-electron chi connectivity index (χ4n) is 1.50. The van der Waals surface area contributed by atoms with Crippen LogP contribution in [-0.2, 0) is 4.79 Å². The number of hydrogen-bond acceptors (Lipinski definition) is 3. The van der Waals surface area contributed by atoms with Crippen molar-refractivity contribution >= 4 is 22.8 Å². The van der Waals surface area contributed by atoms with E-state index in [0.29, 0.717) is 18.9 Å². The number of aliphatic imine (C=N–C) groups is 1. The molecule has 1 rings (SSSR count). The second-order valence-corrected chi connectivity index (χ2v) is 6.43. The lowest BCUT2D eigenvalue weighted by Gasteiger charge is -2.20. The molecule has 1 aliphatic heterocycles. The minimum atomic E-state index is 0.0919.